The average Bonchev–Trinajstić information content (AvgIpc) is 3.28. The van der Waals surface area contributed by atoms with Crippen molar-refractivity contribution in [1.82, 2.24) is 4.90 Å². The van der Waals surface area contributed by atoms with Crippen LogP contribution in [0, 0.1) is 0 Å². The molecule has 3 aromatic rings. The second-order valence-corrected chi connectivity index (χ2v) is 7.33. The van der Waals surface area contributed by atoms with Gasteiger partial charge in [0.2, 0.25) is 6.79 Å². The Bertz CT molecular complexity index is 1150. The Kier molecular flexibility index (Phi) is 4.78. The number of methoxy groups -OCH3 is 2. The maximum Gasteiger partial charge on any atom is 0.258 e. The van der Waals surface area contributed by atoms with Gasteiger partial charge in [0.1, 0.15) is 6.17 Å². The van der Waals surface area contributed by atoms with Crippen molar-refractivity contribution in [3.63, 3.8) is 0 Å². The molecule has 3 aromatic carbocycles. The molecule has 2 heterocycles. The third-order valence-electron chi connectivity index (χ3n) is 5.54. The fraction of sp³-hybridized carbons (Fsp3) is 0.208. The van der Waals surface area contributed by atoms with Crippen LogP contribution in [-0.4, -0.2) is 31.8 Å². The minimum absolute atomic E-state index is 0.0493. The highest BCUT2D eigenvalue weighted by Gasteiger charge is 2.33. The molecule has 0 bridgehead atoms. The van der Waals surface area contributed by atoms with Crippen molar-refractivity contribution < 1.29 is 23.7 Å². The van der Waals surface area contributed by atoms with Gasteiger partial charge in [0, 0.05) is 12.2 Å². The summed E-state index contributed by atoms with van der Waals surface area (Å²) in [4.78, 5) is 15.3. The Labute approximate surface area is 180 Å². The van der Waals surface area contributed by atoms with Gasteiger partial charge in [0.15, 0.2) is 23.0 Å². The zero-order valence-corrected chi connectivity index (χ0v) is 17.3. The van der Waals surface area contributed by atoms with Crippen LogP contribution in [0.15, 0.2) is 60.7 Å². The molecule has 31 heavy (non-hydrogen) atoms. The Hall–Kier alpha value is -3.87. The standard InChI is InChI=1S/C24H22N2O5/c1-28-19-10-8-16(12-21(19)29-2)23-25-18-6-4-3-5-17(18)24(27)26(23)13-15-7-9-20-22(11-15)31-14-30-20/h3-12,23,25H,13-14H2,1-2H3. The minimum Gasteiger partial charge on any atom is -0.493 e. The van der Waals surface area contributed by atoms with Crippen molar-refractivity contribution in [2.75, 3.05) is 26.3 Å². The normalized spacial score (nSPS) is 16.5. The quantitative estimate of drug-likeness (QED) is 0.670. The number of ether oxygens (including phenoxy) is 4. The molecule has 0 aliphatic carbocycles. The van der Waals surface area contributed by atoms with E-state index in [0.29, 0.717) is 35.1 Å². The average molecular weight is 418 g/mol. The highest BCUT2D eigenvalue weighted by molar-refractivity contribution is 6.01. The first-order valence-corrected chi connectivity index (χ1v) is 9.95. The van der Waals surface area contributed by atoms with Crippen molar-refractivity contribution in [1.29, 1.82) is 0 Å². The van der Waals surface area contributed by atoms with E-state index in [2.05, 4.69) is 5.32 Å². The molecule has 0 aromatic heterocycles. The van der Waals surface area contributed by atoms with E-state index in [-0.39, 0.29) is 18.9 Å². The minimum atomic E-state index is -0.382. The number of hydrogen-bond donors (Lipinski definition) is 1. The Morgan fingerprint density at radius 2 is 1.77 bits per heavy atom. The van der Waals surface area contributed by atoms with Crippen LogP contribution in [-0.2, 0) is 6.54 Å². The second kappa shape index (κ2) is 7.75. The summed E-state index contributed by atoms with van der Waals surface area (Å²) in [5.74, 6) is 2.60. The van der Waals surface area contributed by atoms with E-state index < -0.39 is 0 Å². The maximum atomic E-state index is 13.5. The number of benzene rings is 3. The van der Waals surface area contributed by atoms with Gasteiger partial charge in [-0.05, 0) is 47.5 Å². The summed E-state index contributed by atoms with van der Waals surface area (Å²) in [5, 5.41) is 3.51. The third kappa shape index (κ3) is 3.38. The Morgan fingerprint density at radius 3 is 2.61 bits per heavy atom. The van der Waals surface area contributed by atoms with Crippen LogP contribution in [0.2, 0.25) is 0 Å². The van der Waals surface area contributed by atoms with Gasteiger partial charge in [-0.2, -0.15) is 0 Å². The highest BCUT2D eigenvalue weighted by atomic mass is 16.7. The summed E-state index contributed by atoms with van der Waals surface area (Å²) in [6, 6.07) is 19.0. The van der Waals surface area contributed by atoms with Crippen LogP contribution in [0.4, 0.5) is 5.69 Å². The number of nitrogens with one attached hydrogen (secondary N) is 1. The molecule has 0 spiro atoms. The molecule has 7 heteroatoms. The zero-order chi connectivity index (χ0) is 21.4. The lowest BCUT2D eigenvalue weighted by Crippen LogP contribution is -2.42. The lowest BCUT2D eigenvalue weighted by atomic mass is 10.0. The van der Waals surface area contributed by atoms with E-state index in [1.54, 1.807) is 19.1 Å². The van der Waals surface area contributed by atoms with Gasteiger partial charge in [-0.3, -0.25) is 4.79 Å². The van der Waals surface area contributed by atoms with Gasteiger partial charge in [-0.25, -0.2) is 0 Å². The van der Waals surface area contributed by atoms with Crippen molar-refractivity contribution in [3.05, 3.63) is 77.4 Å². The van der Waals surface area contributed by atoms with Crippen LogP contribution < -0.4 is 24.3 Å². The number of amides is 1. The Balaban J connectivity index is 1.55. The molecule has 0 saturated carbocycles. The van der Waals surface area contributed by atoms with Gasteiger partial charge >= 0.3 is 0 Å². The van der Waals surface area contributed by atoms with Gasteiger partial charge in [-0.15, -0.1) is 0 Å². The molecule has 0 radical (unpaired) electrons. The Morgan fingerprint density at radius 1 is 0.968 bits per heavy atom. The topological polar surface area (TPSA) is 69.3 Å². The fourth-order valence-electron chi connectivity index (χ4n) is 3.98. The number of carbonyl (C=O) groups excluding carboxylic acids is 1. The molecule has 1 unspecified atom stereocenters. The van der Waals surface area contributed by atoms with Gasteiger partial charge < -0.3 is 29.2 Å². The molecule has 1 amide bonds. The molecular formula is C24H22N2O5. The summed E-state index contributed by atoms with van der Waals surface area (Å²) in [5.41, 5.74) is 3.28. The summed E-state index contributed by atoms with van der Waals surface area (Å²) in [6.07, 6.45) is -0.382. The van der Waals surface area contributed by atoms with Crippen molar-refractivity contribution >= 4 is 11.6 Å². The first kappa shape index (κ1) is 19.1. The lowest BCUT2D eigenvalue weighted by Gasteiger charge is -2.38. The number of para-hydroxylation sites is 1. The number of carbonyl (C=O) groups is 1. The summed E-state index contributed by atoms with van der Waals surface area (Å²) in [6.45, 7) is 0.612. The smallest absolute Gasteiger partial charge is 0.258 e. The maximum absolute atomic E-state index is 13.5. The van der Waals surface area contributed by atoms with Crippen molar-refractivity contribution in [2.24, 2.45) is 0 Å². The predicted molar refractivity (Wildman–Crippen MR) is 115 cm³/mol. The largest absolute Gasteiger partial charge is 0.493 e. The number of rotatable bonds is 5. The molecule has 1 N–H and O–H groups in total. The summed E-state index contributed by atoms with van der Waals surface area (Å²) >= 11 is 0. The summed E-state index contributed by atoms with van der Waals surface area (Å²) < 4.78 is 21.8. The van der Waals surface area contributed by atoms with Crippen molar-refractivity contribution in [3.8, 4) is 23.0 Å². The van der Waals surface area contributed by atoms with Crippen LogP contribution in [0.5, 0.6) is 23.0 Å². The SMILES string of the molecule is COc1ccc(C2Nc3ccccc3C(=O)N2Cc2ccc3c(c2)OCO3)cc1OC. The van der Waals surface area contributed by atoms with E-state index in [4.69, 9.17) is 18.9 Å². The summed E-state index contributed by atoms with van der Waals surface area (Å²) in [7, 11) is 3.20. The van der Waals surface area contributed by atoms with Gasteiger partial charge in [0.05, 0.1) is 19.8 Å². The van der Waals surface area contributed by atoms with E-state index in [1.807, 2.05) is 60.7 Å². The van der Waals surface area contributed by atoms with E-state index >= 15 is 0 Å². The molecule has 0 fully saturated rings. The first-order chi connectivity index (χ1) is 15.2. The molecule has 2 aliphatic rings. The number of fused-ring (bicyclic) bond motifs is 2. The van der Waals surface area contributed by atoms with Gasteiger partial charge in [-0.1, -0.05) is 24.3 Å². The molecule has 5 rings (SSSR count). The zero-order valence-electron chi connectivity index (χ0n) is 17.3. The third-order valence-corrected chi connectivity index (χ3v) is 5.54. The van der Waals surface area contributed by atoms with Crippen LogP contribution in [0.3, 0.4) is 0 Å². The number of nitrogens with zero attached hydrogens (tertiary/aromatic N) is 1. The first-order valence-electron chi connectivity index (χ1n) is 9.95. The molecule has 7 nitrogen and oxygen atoms in total. The lowest BCUT2D eigenvalue weighted by molar-refractivity contribution is 0.0666. The van der Waals surface area contributed by atoms with Crippen molar-refractivity contribution in [2.45, 2.75) is 12.7 Å². The van der Waals surface area contributed by atoms with E-state index in [9.17, 15) is 4.79 Å². The van der Waals surface area contributed by atoms with E-state index in [0.717, 1.165) is 16.8 Å². The molecule has 1 atom stereocenters. The number of hydrogen-bond acceptors (Lipinski definition) is 6. The molecule has 158 valence electrons. The van der Waals surface area contributed by atoms with Gasteiger partial charge in [0.25, 0.3) is 5.91 Å². The van der Waals surface area contributed by atoms with Crippen LogP contribution >= 0.6 is 0 Å². The fourth-order valence-corrected chi connectivity index (χ4v) is 3.98. The number of anilines is 1. The monoisotopic (exact) mass is 418 g/mol. The highest BCUT2D eigenvalue weighted by Crippen LogP contribution is 2.39. The molecule has 2 aliphatic heterocycles. The molecular weight excluding hydrogens is 396 g/mol. The van der Waals surface area contributed by atoms with Crippen LogP contribution in [0.25, 0.3) is 0 Å². The predicted octanol–water partition coefficient (Wildman–Crippen LogP) is 4.20. The second-order valence-electron chi connectivity index (χ2n) is 7.33. The molecule has 0 saturated heterocycles. The van der Waals surface area contributed by atoms with E-state index in [1.165, 1.54) is 0 Å². The van der Waals surface area contributed by atoms with Crippen LogP contribution in [0.1, 0.15) is 27.7 Å².